The number of aliphatic hydroxyl groups excluding tert-OH is 1. The number of hydrogen-bond acceptors (Lipinski definition) is 3. The first-order chi connectivity index (χ1) is 9.43. The zero-order valence-corrected chi connectivity index (χ0v) is 14.6. The molecular weight excluding hydrogens is 292 g/mol. The fourth-order valence-corrected chi connectivity index (χ4v) is 1.68. The summed E-state index contributed by atoms with van der Waals surface area (Å²) in [6, 6.07) is 0.414. The summed E-state index contributed by atoms with van der Waals surface area (Å²) in [7, 11) is 0. The molecule has 0 saturated heterocycles. The molecule has 1 unspecified atom stereocenters. The minimum absolute atomic E-state index is 0.414. The van der Waals surface area contributed by atoms with Gasteiger partial charge in [0.05, 0.1) is 6.61 Å². The molecule has 0 rings (SSSR count). The number of aliphatic hydroxyl groups is 1. The van der Waals surface area contributed by atoms with Gasteiger partial charge in [0.25, 0.3) is 10.3 Å². The predicted octanol–water partition coefficient (Wildman–Crippen LogP) is 3.82. The topological polar surface area (TPSA) is 67.5 Å². The normalized spacial score (nSPS) is 10.9. The maximum absolute atomic E-state index is 7.56. The third kappa shape index (κ3) is 22.6. The highest BCUT2D eigenvalue weighted by atomic mass is 32.1. The van der Waals surface area contributed by atoms with Crippen LogP contribution in [0.4, 0.5) is 0 Å². The van der Waals surface area contributed by atoms with Gasteiger partial charge < -0.3 is 20.9 Å². The second-order valence-electron chi connectivity index (χ2n) is 4.70. The van der Waals surface area contributed by atoms with Crippen LogP contribution in [0.1, 0.15) is 65.7 Å². The van der Waals surface area contributed by atoms with Crippen molar-refractivity contribution in [3.05, 3.63) is 0 Å². The second-order valence-corrected chi connectivity index (χ2v) is 5.48. The number of thiocarbonyl (C=S) groups is 2. The molecule has 0 aliphatic rings. The van der Waals surface area contributed by atoms with Gasteiger partial charge in [-0.25, -0.2) is 0 Å². The average molecular weight is 323 g/mol. The van der Waals surface area contributed by atoms with Gasteiger partial charge in [0.1, 0.15) is 0 Å². The van der Waals surface area contributed by atoms with Crippen LogP contribution in [-0.2, 0) is 4.74 Å². The van der Waals surface area contributed by atoms with E-state index < -0.39 is 5.17 Å². The van der Waals surface area contributed by atoms with Crippen molar-refractivity contribution in [2.45, 2.75) is 71.8 Å². The van der Waals surface area contributed by atoms with E-state index in [2.05, 4.69) is 44.0 Å². The Labute approximate surface area is 134 Å². The van der Waals surface area contributed by atoms with Crippen molar-refractivity contribution in [3.8, 4) is 0 Å². The first kappa shape index (κ1) is 21.7. The Morgan fingerprint density at radius 2 is 1.65 bits per heavy atom. The van der Waals surface area contributed by atoms with E-state index in [1.807, 2.05) is 0 Å². The lowest BCUT2D eigenvalue weighted by molar-refractivity contribution is 0.282. The van der Waals surface area contributed by atoms with Crippen LogP contribution in [0.3, 0.4) is 0 Å². The van der Waals surface area contributed by atoms with Crippen LogP contribution >= 0.6 is 24.4 Å². The van der Waals surface area contributed by atoms with Crippen molar-refractivity contribution in [1.29, 1.82) is 0 Å². The minimum Gasteiger partial charge on any atom is -0.487 e. The van der Waals surface area contributed by atoms with Crippen molar-refractivity contribution in [3.63, 3.8) is 0 Å². The van der Waals surface area contributed by atoms with Gasteiger partial charge in [0.2, 0.25) is 0 Å². The molecule has 1 atom stereocenters. The number of rotatable bonds is 9. The third-order valence-corrected chi connectivity index (χ3v) is 2.94. The number of unbranched alkanes of at least 4 members (excludes halogenated alkanes) is 5. The first-order valence-electron chi connectivity index (χ1n) is 7.35. The Morgan fingerprint density at radius 1 is 1.15 bits per heavy atom. The number of nitrogens with one attached hydrogen (secondary N) is 1. The Morgan fingerprint density at radius 3 is 2.15 bits per heavy atom. The lowest BCUT2D eigenvalue weighted by Crippen LogP contribution is -2.32. The largest absolute Gasteiger partial charge is 0.487 e. The smallest absolute Gasteiger partial charge is 0.256 e. The molecule has 0 aromatic carbocycles. The summed E-state index contributed by atoms with van der Waals surface area (Å²) in [5, 5.41) is 10.8. The molecule has 4 N–H and O–H groups in total. The molecular formula is C14H30N2O2S2. The molecule has 0 heterocycles. The highest BCUT2D eigenvalue weighted by Gasteiger charge is 2.01. The van der Waals surface area contributed by atoms with Gasteiger partial charge in [-0.15, -0.1) is 0 Å². The summed E-state index contributed by atoms with van der Waals surface area (Å²) in [6.45, 7) is 7.24. The highest BCUT2D eigenvalue weighted by molar-refractivity contribution is 7.80. The Hall–Kier alpha value is -0.620. The standard InChI is InChI=1S/C13H27NOS.CH3NOS/c1-4-6-7-8-9-10-11-15-13(16)14-12(3)5-2;2-1(3)4/h12H,4-11H2,1-3H3,(H,14,16);(H3,2,3,4). The maximum Gasteiger partial charge on any atom is 0.256 e. The number of nitrogens with two attached hydrogens (primary N) is 1. The van der Waals surface area contributed by atoms with Gasteiger partial charge >= 0.3 is 0 Å². The first-order valence-corrected chi connectivity index (χ1v) is 8.17. The van der Waals surface area contributed by atoms with E-state index in [9.17, 15) is 0 Å². The van der Waals surface area contributed by atoms with Crippen LogP contribution < -0.4 is 11.1 Å². The van der Waals surface area contributed by atoms with Gasteiger partial charge in [0.15, 0.2) is 0 Å². The lowest BCUT2D eigenvalue weighted by atomic mass is 10.1. The molecule has 0 fully saturated rings. The second kappa shape index (κ2) is 16.4. The number of hydrogen-bond donors (Lipinski definition) is 3. The lowest BCUT2D eigenvalue weighted by Gasteiger charge is -2.14. The summed E-state index contributed by atoms with van der Waals surface area (Å²) in [5.41, 5.74) is 4.40. The van der Waals surface area contributed by atoms with E-state index in [-0.39, 0.29) is 0 Å². The molecule has 0 saturated carbocycles. The van der Waals surface area contributed by atoms with Gasteiger partial charge in [0, 0.05) is 6.04 Å². The SMILES string of the molecule is CCCCCCCCOC(=S)NC(C)CC.NC(O)=S. The van der Waals surface area contributed by atoms with E-state index in [4.69, 9.17) is 22.1 Å². The quantitative estimate of drug-likeness (QED) is 0.443. The van der Waals surface area contributed by atoms with Crippen molar-refractivity contribution in [2.75, 3.05) is 6.61 Å². The molecule has 120 valence electrons. The van der Waals surface area contributed by atoms with Gasteiger partial charge in [-0.3, -0.25) is 0 Å². The van der Waals surface area contributed by atoms with Crippen LogP contribution in [-0.4, -0.2) is 28.1 Å². The fourth-order valence-electron chi connectivity index (χ4n) is 1.39. The summed E-state index contributed by atoms with van der Waals surface area (Å²) >= 11 is 8.95. The van der Waals surface area contributed by atoms with Crippen LogP contribution in [0, 0.1) is 0 Å². The summed E-state index contributed by atoms with van der Waals surface area (Å²) in [5.74, 6) is 0. The van der Waals surface area contributed by atoms with Crippen molar-refractivity contribution < 1.29 is 9.84 Å². The number of ether oxygens (including phenoxy) is 1. The molecule has 6 heteroatoms. The molecule has 0 amide bonds. The van der Waals surface area contributed by atoms with E-state index >= 15 is 0 Å². The Bertz CT molecular complexity index is 247. The summed E-state index contributed by atoms with van der Waals surface area (Å²) in [6.07, 6.45) is 8.78. The Kier molecular flexibility index (Phi) is 17.8. The average Bonchev–Trinajstić information content (AvgIpc) is 2.36. The third-order valence-electron chi connectivity index (χ3n) is 2.71. The summed E-state index contributed by atoms with van der Waals surface area (Å²) < 4.78 is 5.44. The van der Waals surface area contributed by atoms with E-state index in [1.165, 1.54) is 32.1 Å². The van der Waals surface area contributed by atoms with Gasteiger partial charge in [-0.1, -0.05) is 46.0 Å². The van der Waals surface area contributed by atoms with Gasteiger partial charge in [-0.05, 0) is 44.2 Å². The van der Waals surface area contributed by atoms with Crippen molar-refractivity contribution in [1.82, 2.24) is 5.32 Å². The minimum atomic E-state index is -0.500. The maximum atomic E-state index is 7.56. The van der Waals surface area contributed by atoms with Gasteiger partial charge in [-0.2, -0.15) is 0 Å². The Balaban J connectivity index is 0. The highest BCUT2D eigenvalue weighted by Crippen LogP contribution is 2.04. The zero-order valence-electron chi connectivity index (χ0n) is 13.0. The fraction of sp³-hybridized carbons (Fsp3) is 0.857. The van der Waals surface area contributed by atoms with E-state index in [0.717, 1.165) is 19.4 Å². The van der Waals surface area contributed by atoms with Crippen LogP contribution in [0.15, 0.2) is 0 Å². The molecule has 0 radical (unpaired) electrons. The van der Waals surface area contributed by atoms with E-state index in [0.29, 0.717) is 11.2 Å². The molecule has 0 aliphatic heterocycles. The molecule has 0 spiro atoms. The van der Waals surface area contributed by atoms with Crippen molar-refractivity contribution in [2.24, 2.45) is 5.73 Å². The van der Waals surface area contributed by atoms with Crippen molar-refractivity contribution >= 4 is 34.8 Å². The summed E-state index contributed by atoms with van der Waals surface area (Å²) in [4.78, 5) is 0. The molecule has 4 nitrogen and oxygen atoms in total. The van der Waals surface area contributed by atoms with E-state index in [1.54, 1.807) is 0 Å². The molecule has 0 aromatic rings. The monoisotopic (exact) mass is 322 g/mol. The predicted molar refractivity (Wildman–Crippen MR) is 94.2 cm³/mol. The van der Waals surface area contributed by atoms with Crippen LogP contribution in [0.25, 0.3) is 0 Å². The van der Waals surface area contributed by atoms with Crippen LogP contribution in [0.5, 0.6) is 0 Å². The van der Waals surface area contributed by atoms with Crippen LogP contribution in [0.2, 0.25) is 0 Å². The molecule has 0 aliphatic carbocycles. The molecule has 20 heavy (non-hydrogen) atoms. The molecule has 0 bridgehead atoms. The molecule has 0 aromatic heterocycles. The zero-order chi connectivity index (χ0) is 15.8.